The number of alkyl halides is 1. The van der Waals surface area contributed by atoms with E-state index in [1.54, 1.807) is 0 Å². The van der Waals surface area contributed by atoms with Crippen molar-refractivity contribution < 1.29 is 9.72 Å². The Kier molecular flexibility index (Phi) is 6.05. The molecule has 0 saturated carbocycles. The highest BCUT2D eigenvalue weighted by atomic mass is 35.5. The van der Waals surface area contributed by atoms with Crippen molar-refractivity contribution in [3.8, 4) is 0 Å². The molecule has 5 nitrogen and oxygen atoms in total. The summed E-state index contributed by atoms with van der Waals surface area (Å²) < 4.78 is 0. The molecule has 19 heavy (non-hydrogen) atoms. The fraction of sp³-hybridized carbons (Fsp3) is 0.417. The first kappa shape index (κ1) is 15.7. The largest absolute Gasteiger partial charge is 0.349 e. The van der Waals surface area contributed by atoms with Crippen LogP contribution in [0.5, 0.6) is 0 Å². The number of halogens is 2. The summed E-state index contributed by atoms with van der Waals surface area (Å²) in [6, 6.07) is 3.79. The maximum Gasteiger partial charge on any atom is 0.282 e. The van der Waals surface area contributed by atoms with Crippen molar-refractivity contribution in [1.29, 1.82) is 0 Å². The SMILES string of the molecule is CC(CCCCl)NC(=O)c1cc(Cl)ccc1[N+](=O)[O-]. The van der Waals surface area contributed by atoms with Gasteiger partial charge in [0.05, 0.1) is 4.92 Å². The van der Waals surface area contributed by atoms with Crippen molar-refractivity contribution in [2.24, 2.45) is 0 Å². The lowest BCUT2D eigenvalue weighted by Crippen LogP contribution is -2.33. The first-order chi connectivity index (χ1) is 8.95. The Hall–Kier alpha value is -1.33. The van der Waals surface area contributed by atoms with Crippen LogP contribution in [0.3, 0.4) is 0 Å². The molecule has 104 valence electrons. The smallest absolute Gasteiger partial charge is 0.282 e. The van der Waals surface area contributed by atoms with Crippen LogP contribution < -0.4 is 5.32 Å². The number of nitrogens with one attached hydrogen (secondary N) is 1. The third-order valence-electron chi connectivity index (χ3n) is 2.55. The van der Waals surface area contributed by atoms with Crippen molar-refractivity contribution >= 4 is 34.8 Å². The molecule has 7 heteroatoms. The standard InChI is InChI=1S/C12H14Cl2N2O3/c1-8(3-2-6-13)15-12(17)10-7-9(14)4-5-11(10)16(18)19/h4-5,7-8H,2-3,6H2,1H3,(H,15,17). The summed E-state index contributed by atoms with van der Waals surface area (Å²) in [5.41, 5.74) is -0.290. The molecule has 0 spiro atoms. The molecule has 0 bridgehead atoms. The van der Waals surface area contributed by atoms with Crippen molar-refractivity contribution in [1.82, 2.24) is 5.32 Å². The van der Waals surface area contributed by atoms with E-state index in [0.717, 1.165) is 6.42 Å². The van der Waals surface area contributed by atoms with E-state index in [0.29, 0.717) is 12.3 Å². The van der Waals surface area contributed by atoms with Crippen LogP contribution in [0.15, 0.2) is 18.2 Å². The molecule has 1 amide bonds. The van der Waals surface area contributed by atoms with Gasteiger partial charge in [0, 0.05) is 23.0 Å². The van der Waals surface area contributed by atoms with Crippen LogP contribution in [0.25, 0.3) is 0 Å². The van der Waals surface area contributed by atoms with Crippen LogP contribution in [0.1, 0.15) is 30.1 Å². The van der Waals surface area contributed by atoms with Gasteiger partial charge in [0.2, 0.25) is 0 Å². The quantitative estimate of drug-likeness (QED) is 0.497. The summed E-state index contributed by atoms with van der Waals surface area (Å²) in [5, 5.41) is 13.8. The van der Waals surface area contributed by atoms with Gasteiger partial charge in [0.1, 0.15) is 5.56 Å². The zero-order chi connectivity index (χ0) is 14.4. The molecule has 1 aromatic rings. The molecule has 1 aromatic carbocycles. The van der Waals surface area contributed by atoms with Crippen LogP contribution >= 0.6 is 23.2 Å². The maximum absolute atomic E-state index is 12.0. The second-order valence-electron chi connectivity index (χ2n) is 4.12. The van der Waals surface area contributed by atoms with Crippen LogP contribution in [0.4, 0.5) is 5.69 Å². The van der Waals surface area contributed by atoms with E-state index in [2.05, 4.69) is 5.32 Å². The van der Waals surface area contributed by atoms with E-state index in [9.17, 15) is 14.9 Å². The minimum Gasteiger partial charge on any atom is -0.349 e. The number of rotatable bonds is 6. The van der Waals surface area contributed by atoms with E-state index in [1.807, 2.05) is 6.92 Å². The molecular formula is C12H14Cl2N2O3. The highest BCUT2D eigenvalue weighted by Gasteiger charge is 2.21. The predicted molar refractivity (Wildman–Crippen MR) is 75.0 cm³/mol. The molecule has 0 fully saturated rings. The molecule has 0 aliphatic rings. The number of nitro benzene ring substituents is 1. The number of hydrogen-bond donors (Lipinski definition) is 1. The van der Waals surface area contributed by atoms with E-state index >= 15 is 0 Å². The lowest BCUT2D eigenvalue weighted by atomic mass is 10.1. The summed E-state index contributed by atoms with van der Waals surface area (Å²) in [4.78, 5) is 22.2. The van der Waals surface area contributed by atoms with Crippen molar-refractivity contribution in [2.75, 3.05) is 5.88 Å². The Bertz CT molecular complexity index is 480. The van der Waals surface area contributed by atoms with Gasteiger partial charge < -0.3 is 5.32 Å². The second kappa shape index (κ2) is 7.31. The van der Waals surface area contributed by atoms with Gasteiger partial charge in [-0.2, -0.15) is 0 Å². The zero-order valence-electron chi connectivity index (χ0n) is 10.4. The van der Waals surface area contributed by atoms with E-state index in [-0.39, 0.29) is 22.3 Å². The molecule has 0 radical (unpaired) electrons. The molecule has 0 aromatic heterocycles. The fourth-order valence-corrected chi connectivity index (χ4v) is 1.93. The molecule has 0 aliphatic carbocycles. The topological polar surface area (TPSA) is 72.2 Å². The maximum atomic E-state index is 12.0. The number of benzene rings is 1. The lowest BCUT2D eigenvalue weighted by Gasteiger charge is -2.13. The second-order valence-corrected chi connectivity index (χ2v) is 4.94. The highest BCUT2D eigenvalue weighted by Crippen LogP contribution is 2.22. The Morgan fingerprint density at radius 2 is 2.21 bits per heavy atom. The third-order valence-corrected chi connectivity index (χ3v) is 3.05. The Morgan fingerprint density at radius 3 is 2.79 bits per heavy atom. The average molecular weight is 305 g/mol. The van der Waals surface area contributed by atoms with Gasteiger partial charge in [-0.25, -0.2) is 0 Å². The fourth-order valence-electron chi connectivity index (χ4n) is 1.61. The number of hydrogen-bond acceptors (Lipinski definition) is 3. The van der Waals surface area contributed by atoms with Crippen LogP contribution in [0, 0.1) is 10.1 Å². The summed E-state index contributed by atoms with van der Waals surface area (Å²) in [7, 11) is 0. The Labute approximate surface area is 121 Å². The molecule has 1 rings (SSSR count). The minimum atomic E-state index is -0.603. The Balaban J connectivity index is 2.86. The molecule has 0 heterocycles. The monoisotopic (exact) mass is 304 g/mol. The normalized spacial score (nSPS) is 11.9. The lowest BCUT2D eigenvalue weighted by molar-refractivity contribution is -0.385. The molecule has 1 atom stereocenters. The van der Waals surface area contributed by atoms with E-state index in [4.69, 9.17) is 23.2 Å². The number of amides is 1. The van der Waals surface area contributed by atoms with Crippen molar-refractivity contribution in [2.45, 2.75) is 25.8 Å². The first-order valence-corrected chi connectivity index (χ1v) is 6.67. The van der Waals surface area contributed by atoms with Crippen LogP contribution in [0.2, 0.25) is 5.02 Å². The highest BCUT2D eigenvalue weighted by molar-refractivity contribution is 6.31. The summed E-state index contributed by atoms with van der Waals surface area (Å²) in [5.74, 6) is 0.00798. The van der Waals surface area contributed by atoms with E-state index in [1.165, 1.54) is 18.2 Å². The minimum absolute atomic E-state index is 0.0322. The molecular weight excluding hydrogens is 291 g/mol. The molecule has 1 unspecified atom stereocenters. The van der Waals surface area contributed by atoms with E-state index < -0.39 is 10.8 Å². The molecule has 1 N–H and O–H groups in total. The average Bonchev–Trinajstić information content (AvgIpc) is 2.35. The van der Waals surface area contributed by atoms with Gasteiger partial charge >= 0.3 is 0 Å². The summed E-state index contributed by atoms with van der Waals surface area (Å²) in [6.07, 6.45) is 1.48. The van der Waals surface area contributed by atoms with Gasteiger partial charge in [-0.1, -0.05) is 11.6 Å². The van der Waals surface area contributed by atoms with Crippen LogP contribution in [-0.4, -0.2) is 22.8 Å². The number of carbonyl (C=O) groups excluding carboxylic acids is 1. The van der Waals surface area contributed by atoms with Gasteiger partial charge in [-0.15, -0.1) is 11.6 Å². The number of nitro groups is 1. The zero-order valence-corrected chi connectivity index (χ0v) is 11.9. The Morgan fingerprint density at radius 1 is 1.53 bits per heavy atom. The summed E-state index contributed by atoms with van der Waals surface area (Å²) >= 11 is 11.3. The van der Waals surface area contributed by atoms with Gasteiger partial charge in [-0.05, 0) is 31.9 Å². The van der Waals surface area contributed by atoms with Crippen molar-refractivity contribution in [3.63, 3.8) is 0 Å². The number of carbonyl (C=O) groups is 1. The van der Waals surface area contributed by atoms with Crippen molar-refractivity contribution in [3.05, 3.63) is 38.9 Å². The number of nitrogens with zero attached hydrogens (tertiary/aromatic N) is 1. The molecule has 0 saturated heterocycles. The molecule has 0 aliphatic heterocycles. The van der Waals surface area contributed by atoms with Gasteiger partial charge in [0.25, 0.3) is 11.6 Å². The van der Waals surface area contributed by atoms with Crippen LogP contribution in [-0.2, 0) is 0 Å². The predicted octanol–water partition coefficient (Wildman–Crippen LogP) is 3.39. The third kappa shape index (κ3) is 4.69. The van der Waals surface area contributed by atoms with Gasteiger partial charge in [-0.3, -0.25) is 14.9 Å². The first-order valence-electron chi connectivity index (χ1n) is 5.76. The summed E-state index contributed by atoms with van der Waals surface area (Å²) in [6.45, 7) is 1.82. The van der Waals surface area contributed by atoms with Gasteiger partial charge in [0.15, 0.2) is 0 Å².